The summed E-state index contributed by atoms with van der Waals surface area (Å²) in [6.45, 7) is 1.96. The molecule has 0 atom stereocenters. The van der Waals surface area contributed by atoms with Gasteiger partial charge in [-0.2, -0.15) is 0 Å². The van der Waals surface area contributed by atoms with E-state index in [1.807, 2.05) is 0 Å². The highest BCUT2D eigenvalue weighted by Gasteiger charge is 2.18. The zero-order valence-electron chi connectivity index (χ0n) is 10.3. The van der Waals surface area contributed by atoms with Gasteiger partial charge in [0.05, 0.1) is 25.0 Å². The van der Waals surface area contributed by atoms with Gasteiger partial charge in [0, 0.05) is 0 Å². The summed E-state index contributed by atoms with van der Waals surface area (Å²) in [5, 5.41) is 3.25. The highest BCUT2D eigenvalue weighted by molar-refractivity contribution is 7.91. The molecule has 100 valence electrons. The zero-order valence-corrected chi connectivity index (χ0v) is 11.1. The molecular formula is C11H21NO4S. The van der Waals surface area contributed by atoms with E-state index < -0.39 is 15.8 Å². The molecular weight excluding hydrogens is 242 g/mol. The third-order valence-electron chi connectivity index (χ3n) is 3.14. The van der Waals surface area contributed by atoms with Crippen LogP contribution in [0.4, 0.5) is 0 Å². The Morgan fingerprint density at radius 1 is 1.29 bits per heavy atom. The summed E-state index contributed by atoms with van der Waals surface area (Å²) in [6, 6.07) is 0. The monoisotopic (exact) mass is 263 g/mol. The lowest BCUT2D eigenvalue weighted by molar-refractivity contribution is -0.140. The van der Waals surface area contributed by atoms with Gasteiger partial charge in [-0.15, -0.1) is 0 Å². The van der Waals surface area contributed by atoms with Crippen molar-refractivity contribution in [3.05, 3.63) is 0 Å². The van der Waals surface area contributed by atoms with E-state index in [1.54, 1.807) is 0 Å². The van der Waals surface area contributed by atoms with Gasteiger partial charge in [-0.25, -0.2) is 8.42 Å². The maximum absolute atomic E-state index is 11.7. The standard InChI is InChI=1S/C11H21NO4S/c1-16-11(13)5-9-17(14,15)8-4-10-2-6-12-7-3-10/h10,12H,2-9H2,1H3. The molecule has 6 heteroatoms. The van der Waals surface area contributed by atoms with Gasteiger partial charge < -0.3 is 10.1 Å². The topological polar surface area (TPSA) is 72.5 Å². The zero-order chi connectivity index (χ0) is 12.7. The van der Waals surface area contributed by atoms with Crippen molar-refractivity contribution >= 4 is 15.8 Å². The number of hydrogen-bond acceptors (Lipinski definition) is 5. The summed E-state index contributed by atoms with van der Waals surface area (Å²) >= 11 is 0. The predicted octanol–water partition coefficient (Wildman–Crippen LogP) is 0.354. The van der Waals surface area contributed by atoms with Crippen molar-refractivity contribution < 1.29 is 17.9 Å². The first-order valence-electron chi connectivity index (χ1n) is 6.01. The second-order valence-corrected chi connectivity index (χ2v) is 6.76. The molecule has 1 N–H and O–H groups in total. The van der Waals surface area contributed by atoms with Crippen LogP contribution in [0, 0.1) is 5.92 Å². The molecule has 0 unspecified atom stereocenters. The van der Waals surface area contributed by atoms with E-state index in [9.17, 15) is 13.2 Å². The van der Waals surface area contributed by atoms with Crippen molar-refractivity contribution in [1.29, 1.82) is 0 Å². The fourth-order valence-corrected chi connectivity index (χ4v) is 3.33. The highest BCUT2D eigenvalue weighted by atomic mass is 32.2. The molecule has 0 saturated carbocycles. The first kappa shape index (κ1) is 14.4. The lowest BCUT2D eigenvalue weighted by atomic mass is 9.96. The second-order valence-electron chi connectivity index (χ2n) is 4.46. The van der Waals surface area contributed by atoms with Crippen LogP contribution in [0.15, 0.2) is 0 Å². The van der Waals surface area contributed by atoms with Gasteiger partial charge in [-0.1, -0.05) is 0 Å². The average molecular weight is 263 g/mol. The Kier molecular flexibility index (Phi) is 5.91. The van der Waals surface area contributed by atoms with Crippen LogP contribution in [-0.2, 0) is 19.4 Å². The molecule has 0 amide bonds. The molecule has 1 saturated heterocycles. The van der Waals surface area contributed by atoms with E-state index in [1.165, 1.54) is 7.11 Å². The Balaban J connectivity index is 2.26. The molecule has 0 aromatic heterocycles. The number of methoxy groups -OCH3 is 1. The van der Waals surface area contributed by atoms with Gasteiger partial charge in [-0.3, -0.25) is 4.79 Å². The number of sulfone groups is 1. The number of ether oxygens (including phenoxy) is 1. The lowest BCUT2D eigenvalue weighted by Gasteiger charge is -2.22. The van der Waals surface area contributed by atoms with Gasteiger partial charge in [0.15, 0.2) is 9.84 Å². The third-order valence-corrected chi connectivity index (χ3v) is 4.82. The molecule has 0 radical (unpaired) electrons. The predicted molar refractivity (Wildman–Crippen MR) is 65.5 cm³/mol. The first-order valence-corrected chi connectivity index (χ1v) is 7.83. The number of piperidine rings is 1. The van der Waals surface area contributed by atoms with Gasteiger partial charge >= 0.3 is 5.97 Å². The van der Waals surface area contributed by atoms with Crippen LogP contribution in [0.2, 0.25) is 0 Å². The maximum Gasteiger partial charge on any atom is 0.306 e. The number of esters is 1. The molecule has 0 aromatic carbocycles. The largest absolute Gasteiger partial charge is 0.469 e. The molecule has 1 rings (SSSR count). The SMILES string of the molecule is COC(=O)CCS(=O)(=O)CCC1CCNCC1. The number of carbonyl (C=O) groups is 1. The summed E-state index contributed by atoms with van der Waals surface area (Å²) in [4.78, 5) is 10.9. The minimum Gasteiger partial charge on any atom is -0.469 e. The maximum atomic E-state index is 11.7. The van der Waals surface area contributed by atoms with Crippen LogP contribution in [0.5, 0.6) is 0 Å². The van der Waals surface area contributed by atoms with Crippen molar-refractivity contribution in [3.8, 4) is 0 Å². The van der Waals surface area contributed by atoms with Crippen LogP contribution in [0.3, 0.4) is 0 Å². The fourth-order valence-electron chi connectivity index (χ4n) is 1.96. The summed E-state index contributed by atoms with van der Waals surface area (Å²) in [5.41, 5.74) is 0. The van der Waals surface area contributed by atoms with E-state index in [0.29, 0.717) is 12.3 Å². The molecule has 0 aliphatic carbocycles. The van der Waals surface area contributed by atoms with Gasteiger partial charge in [0.1, 0.15) is 0 Å². The van der Waals surface area contributed by atoms with E-state index >= 15 is 0 Å². The van der Waals surface area contributed by atoms with Crippen molar-refractivity contribution in [2.24, 2.45) is 5.92 Å². The number of hydrogen-bond donors (Lipinski definition) is 1. The highest BCUT2D eigenvalue weighted by Crippen LogP contribution is 2.17. The van der Waals surface area contributed by atoms with Crippen molar-refractivity contribution in [3.63, 3.8) is 0 Å². The minimum absolute atomic E-state index is 0.0367. The molecule has 17 heavy (non-hydrogen) atoms. The second kappa shape index (κ2) is 6.96. The van der Waals surface area contributed by atoms with Crippen LogP contribution >= 0.6 is 0 Å². The third kappa shape index (κ3) is 6.02. The fraction of sp³-hybridized carbons (Fsp3) is 0.909. The molecule has 1 fully saturated rings. The quantitative estimate of drug-likeness (QED) is 0.700. The Bertz CT molecular complexity index is 333. The first-order chi connectivity index (χ1) is 8.03. The molecule has 1 aliphatic heterocycles. The Morgan fingerprint density at radius 2 is 1.94 bits per heavy atom. The summed E-state index contributed by atoms with van der Waals surface area (Å²) in [6.07, 6.45) is 2.77. The molecule has 0 aromatic rings. The smallest absolute Gasteiger partial charge is 0.306 e. The summed E-state index contributed by atoms with van der Waals surface area (Å²) < 4.78 is 27.8. The number of carbonyl (C=O) groups excluding carboxylic acids is 1. The van der Waals surface area contributed by atoms with Crippen molar-refractivity contribution in [1.82, 2.24) is 5.32 Å². The molecule has 1 aliphatic rings. The van der Waals surface area contributed by atoms with Gasteiger partial charge in [0.2, 0.25) is 0 Å². The van der Waals surface area contributed by atoms with E-state index in [-0.39, 0.29) is 17.9 Å². The van der Waals surface area contributed by atoms with Gasteiger partial charge in [-0.05, 0) is 38.3 Å². The molecule has 1 heterocycles. The lowest BCUT2D eigenvalue weighted by Crippen LogP contribution is -2.29. The normalized spacial score (nSPS) is 17.9. The van der Waals surface area contributed by atoms with Crippen LogP contribution < -0.4 is 5.32 Å². The van der Waals surface area contributed by atoms with Crippen LogP contribution in [0.25, 0.3) is 0 Å². The van der Waals surface area contributed by atoms with E-state index in [4.69, 9.17) is 0 Å². The Morgan fingerprint density at radius 3 is 2.53 bits per heavy atom. The number of nitrogens with one attached hydrogen (secondary N) is 1. The summed E-state index contributed by atoms with van der Waals surface area (Å²) in [5.74, 6) is 0.138. The van der Waals surface area contributed by atoms with Crippen molar-refractivity contribution in [2.75, 3.05) is 31.7 Å². The molecule has 0 bridgehead atoms. The molecule has 0 spiro atoms. The Hall–Kier alpha value is -0.620. The number of rotatable bonds is 6. The van der Waals surface area contributed by atoms with Crippen LogP contribution in [-0.4, -0.2) is 46.1 Å². The van der Waals surface area contributed by atoms with E-state index in [0.717, 1.165) is 25.9 Å². The van der Waals surface area contributed by atoms with Crippen molar-refractivity contribution in [2.45, 2.75) is 25.7 Å². The Labute approximate surface area is 103 Å². The van der Waals surface area contributed by atoms with Crippen LogP contribution in [0.1, 0.15) is 25.7 Å². The average Bonchev–Trinajstić information content (AvgIpc) is 2.35. The molecule has 5 nitrogen and oxygen atoms in total. The van der Waals surface area contributed by atoms with Gasteiger partial charge in [0.25, 0.3) is 0 Å². The minimum atomic E-state index is -3.11. The summed E-state index contributed by atoms with van der Waals surface area (Å²) in [7, 11) is -1.84. The van der Waals surface area contributed by atoms with E-state index in [2.05, 4.69) is 10.1 Å².